The maximum absolute atomic E-state index is 12.4. The average Bonchev–Trinajstić information content (AvgIpc) is 3.00. The molecule has 2 aromatic carbocycles. The summed E-state index contributed by atoms with van der Waals surface area (Å²) in [5.41, 5.74) is 1.34. The Kier molecular flexibility index (Phi) is 4.99. The van der Waals surface area contributed by atoms with Crippen molar-refractivity contribution in [1.29, 1.82) is 0 Å². The van der Waals surface area contributed by atoms with E-state index in [0.29, 0.717) is 5.56 Å². The first-order valence-electron chi connectivity index (χ1n) is 7.99. The molecule has 0 saturated heterocycles. The predicted molar refractivity (Wildman–Crippen MR) is 97.7 cm³/mol. The number of carbonyl (C=O) groups is 1. The van der Waals surface area contributed by atoms with E-state index in [1.165, 1.54) is 24.3 Å². The molecule has 135 valence electrons. The molecule has 0 aromatic heterocycles. The highest BCUT2D eigenvalue weighted by molar-refractivity contribution is 7.87. The van der Waals surface area contributed by atoms with E-state index in [-0.39, 0.29) is 23.0 Å². The molecule has 26 heavy (non-hydrogen) atoms. The third-order valence-electron chi connectivity index (χ3n) is 3.82. The number of hydrogen-bond donors (Lipinski definition) is 0. The smallest absolute Gasteiger partial charge is 0.339 e. The zero-order valence-corrected chi connectivity index (χ0v) is 15.3. The lowest BCUT2D eigenvalue weighted by molar-refractivity contribution is 0.0961. The number of aryl methyl sites for hydroxylation is 1. The highest BCUT2D eigenvalue weighted by Gasteiger charge is 2.19. The summed E-state index contributed by atoms with van der Waals surface area (Å²) in [6.45, 7) is 3.83. The Labute approximate surface area is 153 Å². The van der Waals surface area contributed by atoms with Gasteiger partial charge in [-0.1, -0.05) is 29.8 Å². The van der Waals surface area contributed by atoms with Gasteiger partial charge in [-0.15, -0.1) is 0 Å². The van der Waals surface area contributed by atoms with E-state index in [2.05, 4.69) is 0 Å². The Balaban J connectivity index is 1.73. The molecule has 1 heterocycles. The van der Waals surface area contributed by atoms with Gasteiger partial charge in [0, 0.05) is 25.0 Å². The van der Waals surface area contributed by atoms with E-state index in [4.69, 9.17) is 4.18 Å². The second-order valence-electron chi connectivity index (χ2n) is 6.05. The first kappa shape index (κ1) is 18.0. The minimum absolute atomic E-state index is 0.0691. The summed E-state index contributed by atoms with van der Waals surface area (Å²) >= 11 is 0. The van der Waals surface area contributed by atoms with Crippen molar-refractivity contribution in [3.8, 4) is 5.75 Å². The van der Waals surface area contributed by atoms with Gasteiger partial charge in [0.25, 0.3) is 0 Å². The monoisotopic (exact) mass is 371 g/mol. The third kappa shape index (κ3) is 4.23. The molecule has 1 aliphatic heterocycles. The van der Waals surface area contributed by atoms with Crippen molar-refractivity contribution in [3.05, 3.63) is 78.7 Å². The van der Waals surface area contributed by atoms with Crippen LogP contribution in [-0.2, 0) is 10.1 Å². The summed E-state index contributed by atoms with van der Waals surface area (Å²) in [5, 5.41) is 0. The van der Waals surface area contributed by atoms with E-state index in [9.17, 15) is 13.2 Å². The lowest BCUT2D eigenvalue weighted by atomic mass is 10.1. The molecular weight excluding hydrogens is 352 g/mol. The fraction of sp³-hybridized carbons (Fsp3) is 0.158. The Bertz CT molecular complexity index is 936. The van der Waals surface area contributed by atoms with Gasteiger partial charge in [-0.2, -0.15) is 8.42 Å². The Morgan fingerprint density at radius 3 is 2.46 bits per heavy atom. The molecular formula is C19H19N2O4S. The van der Waals surface area contributed by atoms with Crippen LogP contribution < -0.4 is 4.18 Å². The van der Waals surface area contributed by atoms with E-state index < -0.39 is 10.1 Å². The highest BCUT2D eigenvalue weighted by atomic mass is 32.2. The van der Waals surface area contributed by atoms with Gasteiger partial charge in [0.05, 0.1) is 6.54 Å². The fourth-order valence-electron chi connectivity index (χ4n) is 2.45. The van der Waals surface area contributed by atoms with Crippen LogP contribution in [0.25, 0.3) is 0 Å². The van der Waals surface area contributed by atoms with Gasteiger partial charge in [0.1, 0.15) is 17.3 Å². The molecule has 0 aliphatic carbocycles. The molecule has 0 fully saturated rings. The molecule has 7 heteroatoms. The van der Waals surface area contributed by atoms with Crippen LogP contribution in [0, 0.1) is 13.6 Å². The maximum Gasteiger partial charge on any atom is 0.339 e. The lowest BCUT2D eigenvalue weighted by Gasteiger charge is -2.16. The lowest BCUT2D eigenvalue weighted by Crippen LogP contribution is -2.23. The van der Waals surface area contributed by atoms with Gasteiger partial charge in [-0.25, -0.2) is 0 Å². The summed E-state index contributed by atoms with van der Waals surface area (Å²) in [6, 6.07) is 12.6. The molecule has 0 spiro atoms. The minimum Gasteiger partial charge on any atom is -0.379 e. The summed E-state index contributed by atoms with van der Waals surface area (Å²) in [4.78, 5) is 16.1. The third-order valence-corrected chi connectivity index (χ3v) is 5.08. The van der Waals surface area contributed by atoms with Gasteiger partial charge < -0.3 is 14.0 Å². The number of rotatable bonds is 6. The van der Waals surface area contributed by atoms with Crippen LogP contribution >= 0.6 is 0 Å². The number of nitrogens with zero attached hydrogens (tertiary/aromatic N) is 2. The van der Waals surface area contributed by atoms with Crippen LogP contribution in [-0.4, -0.2) is 37.6 Å². The zero-order valence-electron chi connectivity index (χ0n) is 14.5. The van der Waals surface area contributed by atoms with Crippen LogP contribution in [0.5, 0.6) is 5.75 Å². The van der Waals surface area contributed by atoms with Crippen molar-refractivity contribution in [1.82, 2.24) is 9.80 Å². The molecule has 0 bridgehead atoms. The summed E-state index contributed by atoms with van der Waals surface area (Å²) < 4.78 is 29.9. The first-order valence-corrected chi connectivity index (χ1v) is 9.40. The molecule has 3 rings (SSSR count). The molecule has 2 aromatic rings. The number of hydrogen-bond acceptors (Lipinski definition) is 6. The molecule has 1 radical (unpaired) electrons. The van der Waals surface area contributed by atoms with Crippen LogP contribution in [0.15, 0.2) is 65.8 Å². The molecule has 0 atom stereocenters. The second kappa shape index (κ2) is 7.21. The second-order valence-corrected chi connectivity index (χ2v) is 7.60. The van der Waals surface area contributed by atoms with Crippen molar-refractivity contribution in [3.63, 3.8) is 0 Å². The Morgan fingerprint density at radius 2 is 1.81 bits per heavy atom. The number of Topliss-reactive ketones (excluding diaryl/α,β-unsaturated/α-hetero) is 1. The van der Waals surface area contributed by atoms with Crippen LogP contribution in [0.2, 0.25) is 0 Å². The highest BCUT2D eigenvalue weighted by Crippen LogP contribution is 2.21. The summed E-state index contributed by atoms with van der Waals surface area (Å²) in [5.74, 6) is -0.0335. The molecule has 0 saturated carbocycles. The van der Waals surface area contributed by atoms with Crippen LogP contribution in [0.4, 0.5) is 0 Å². The van der Waals surface area contributed by atoms with Crippen LogP contribution in [0.3, 0.4) is 0 Å². The topological polar surface area (TPSA) is 66.9 Å². The first-order chi connectivity index (χ1) is 12.3. The molecule has 0 unspecified atom stereocenters. The van der Waals surface area contributed by atoms with E-state index in [0.717, 1.165) is 5.56 Å². The van der Waals surface area contributed by atoms with Crippen molar-refractivity contribution < 1.29 is 17.4 Å². The Morgan fingerprint density at radius 1 is 1.08 bits per heavy atom. The van der Waals surface area contributed by atoms with E-state index in [1.54, 1.807) is 42.0 Å². The van der Waals surface area contributed by atoms with Gasteiger partial charge >= 0.3 is 10.1 Å². The summed E-state index contributed by atoms with van der Waals surface area (Å²) in [7, 11) is -2.08. The van der Waals surface area contributed by atoms with Crippen molar-refractivity contribution in [2.75, 3.05) is 13.6 Å². The largest absolute Gasteiger partial charge is 0.379 e. The molecule has 6 nitrogen and oxygen atoms in total. The predicted octanol–water partition coefficient (Wildman–Crippen LogP) is 2.78. The average molecular weight is 371 g/mol. The number of benzene rings is 2. The van der Waals surface area contributed by atoms with Gasteiger partial charge in [0.2, 0.25) is 0 Å². The van der Waals surface area contributed by atoms with Gasteiger partial charge in [-0.05, 0) is 31.2 Å². The summed E-state index contributed by atoms with van der Waals surface area (Å²) in [6.07, 6.45) is 3.63. The normalized spacial score (nSPS) is 13.9. The molecule has 0 N–H and O–H groups in total. The minimum atomic E-state index is -3.95. The number of ketones is 1. The standard InChI is InChI=1S/C19H19N2O4S/c1-15-6-8-18(9-7-15)26(23,24)25-17-5-3-4-16(12-17)19(22)13-21-11-10-20(2)14-21/h3-12,14H,13H2,1-2H3. The number of carbonyl (C=O) groups excluding carboxylic acids is 1. The molecule has 0 amide bonds. The fourth-order valence-corrected chi connectivity index (χ4v) is 3.38. The van der Waals surface area contributed by atoms with E-state index in [1.807, 2.05) is 25.1 Å². The van der Waals surface area contributed by atoms with Gasteiger partial charge in [0.15, 0.2) is 5.78 Å². The van der Waals surface area contributed by atoms with E-state index >= 15 is 0 Å². The SMILES string of the molecule is Cc1ccc(S(=O)(=O)Oc2cccc(C(=O)CN3[CH]N(C)C=C3)c2)cc1. The zero-order chi connectivity index (χ0) is 18.7. The van der Waals surface area contributed by atoms with Crippen molar-refractivity contribution >= 4 is 15.9 Å². The Hall–Kier alpha value is -2.80. The van der Waals surface area contributed by atoms with Crippen molar-refractivity contribution in [2.45, 2.75) is 11.8 Å². The van der Waals surface area contributed by atoms with Crippen LogP contribution in [0.1, 0.15) is 15.9 Å². The van der Waals surface area contributed by atoms with Crippen molar-refractivity contribution in [2.24, 2.45) is 0 Å². The molecule has 1 aliphatic rings. The quantitative estimate of drug-likeness (QED) is 0.575. The maximum atomic E-state index is 12.4. The van der Waals surface area contributed by atoms with Gasteiger partial charge in [-0.3, -0.25) is 4.79 Å².